The van der Waals surface area contributed by atoms with Gasteiger partial charge in [0.1, 0.15) is 0 Å². The molecule has 86 valence electrons. The van der Waals surface area contributed by atoms with Crippen LogP contribution in [-0.2, 0) is 4.74 Å². The molecule has 5 heteroatoms. The fraction of sp³-hybridized carbons (Fsp3) is 0.900. The number of methoxy groups -OCH3 is 1. The van der Waals surface area contributed by atoms with Crippen LogP contribution in [0, 0.1) is 5.41 Å². The van der Waals surface area contributed by atoms with E-state index in [-0.39, 0.29) is 6.09 Å². The van der Waals surface area contributed by atoms with Crippen molar-refractivity contribution in [2.45, 2.75) is 12.8 Å². The van der Waals surface area contributed by atoms with Gasteiger partial charge in [-0.1, -0.05) is 0 Å². The number of carbonyl (C=O) groups is 1. The van der Waals surface area contributed by atoms with Gasteiger partial charge in [-0.15, -0.1) is 0 Å². The summed E-state index contributed by atoms with van der Waals surface area (Å²) in [4.78, 5) is 13.1. The number of likely N-dealkylation sites (tertiary alicyclic amines) is 1. The second-order valence-corrected chi connectivity index (χ2v) is 4.54. The molecule has 1 amide bonds. The molecule has 0 radical (unpaired) electrons. The van der Waals surface area contributed by atoms with E-state index in [2.05, 4.69) is 10.4 Å². The maximum Gasteiger partial charge on any atom is 0.409 e. The van der Waals surface area contributed by atoms with Gasteiger partial charge in [0.15, 0.2) is 0 Å². The number of ether oxygens (including phenoxy) is 1. The molecule has 5 nitrogen and oxygen atoms in total. The highest BCUT2D eigenvalue weighted by atomic mass is 16.5. The number of piperidine rings is 1. The van der Waals surface area contributed by atoms with E-state index in [9.17, 15) is 4.79 Å². The average molecular weight is 213 g/mol. The lowest BCUT2D eigenvalue weighted by Gasteiger charge is -2.53. The number of amides is 1. The summed E-state index contributed by atoms with van der Waals surface area (Å²) in [7, 11) is 3.40. The van der Waals surface area contributed by atoms with Crippen molar-refractivity contribution in [2.24, 2.45) is 5.41 Å². The molecule has 1 spiro atoms. The average Bonchev–Trinajstić information content (AvgIpc) is 2.25. The Morgan fingerprint density at radius 1 is 1.33 bits per heavy atom. The van der Waals surface area contributed by atoms with Gasteiger partial charge in [0.25, 0.3) is 0 Å². The number of nitrogens with zero attached hydrogens (tertiary/aromatic N) is 2. The molecule has 0 bridgehead atoms. The fourth-order valence-electron chi connectivity index (χ4n) is 2.53. The van der Waals surface area contributed by atoms with Crippen LogP contribution >= 0.6 is 0 Å². The van der Waals surface area contributed by atoms with E-state index in [1.165, 1.54) is 7.11 Å². The predicted molar refractivity (Wildman–Crippen MR) is 56.3 cm³/mol. The standard InChI is InChI=1S/C10H19N3O2/c1-11-13-7-10(8-13)3-5-12(6-4-10)9(14)15-2/h11H,3-8H2,1-2H3. The topological polar surface area (TPSA) is 44.8 Å². The Morgan fingerprint density at radius 2 is 1.93 bits per heavy atom. The first-order valence-corrected chi connectivity index (χ1v) is 5.44. The van der Waals surface area contributed by atoms with Crippen LogP contribution in [0.5, 0.6) is 0 Å². The molecule has 0 atom stereocenters. The van der Waals surface area contributed by atoms with E-state index < -0.39 is 0 Å². The minimum atomic E-state index is -0.186. The zero-order chi connectivity index (χ0) is 10.9. The van der Waals surface area contributed by atoms with Gasteiger partial charge in [0, 0.05) is 31.6 Å². The first-order valence-electron chi connectivity index (χ1n) is 5.44. The number of nitrogens with one attached hydrogen (secondary N) is 1. The predicted octanol–water partition coefficient (Wildman–Crippen LogP) is 0.285. The molecule has 2 heterocycles. The monoisotopic (exact) mass is 213 g/mol. The third kappa shape index (κ3) is 1.94. The zero-order valence-electron chi connectivity index (χ0n) is 9.45. The molecule has 0 saturated carbocycles. The fourth-order valence-corrected chi connectivity index (χ4v) is 2.53. The smallest absolute Gasteiger partial charge is 0.409 e. The highest BCUT2D eigenvalue weighted by molar-refractivity contribution is 5.67. The van der Waals surface area contributed by atoms with Gasteiger partial charge in [-0.2, -0.15) is 0 Å². The summed E-state index contributed by atoms with van der Waals surface area (Å²) in [5.41, 5.74) is 3.60. The van der Waals surface area contributed by atoms with E-state index in [0.29, 0.717) is 5.41 Å². The SMILES string of the molecule is CNN1CC2(CCN(C(=O)OC)CC2)C1. The van der Waals surface area contributed by atoms with Crippen molar-refractivity contribution in [1.29, 1.82) is 0 Å². The van der Waals surface area contributed by atoms with Gasteiger partial charge in [-0.25, -0.2) is 9.80 Å². The molecule has 2 rings (SSSR count). The number of hydrogen-bond acceptors (Lipinski definition) is 4. The zero-order valence-corrected chi connectivity index (χ0v) is 9.45. The molecular formula is C10H19N3O2. The molecule has 2 fully saturated rings. The van der Waals surface area contributed by atoms with Crippen LogP contribution in [0.15, 0.2) is 0 Å². The summed E-state index contributed by atoms with van der Waals surface area (Å²) >= 11 is 0. The largest absolute Gasteiger partial charge is 0.453 e. The lowest BCUT2D eigenvalue weighted by Crippen LogP contribution is -2.63. The molecule has 2 aliphatic heterocycles. The lowest BCUT2D eigenvalue weighted by atomic mass is 9.73. The van der Waals surface area contributed by atoms with E-state index in [0.717, 1.165) is 39.0 Å². The van der Waals surface area contributed by atoms with Crippen molar-refractivity contribution in [1.82, 2.24) is 15.3 Å². The Morgan fingerprint density at radius 3 is 2.40 bits per heavy atom. The number of hydrazine groups is 1. The maximum atomic E-state index is 11.3. The summed E-state index contributed by atoms with van der Waals surface area (Å²) in [6, 6.07) is 0. The van der Waals surface area contributed by atoms with Crippen LogP contribution in [0.2, 0.25) is 0 Å². The highest BCUT2D eigenvalue weighted by Crippen LogP contribution is 2.39. The molecule has 0 unspecified atom stereocenters. The van der Waals surface area contributed by atoms with E-state index in [4.69, 9.17) is 4.74 Å². The van der Waals surface area contributed by atoms with Crippen LogP contribution < -0.4 is 5.43 Å². The molecule has 1 N–H and O–H groups in total. The molecule has 2 aliphatic rings. The molecule has 2 saturated heterocycles. The number of rotatable bonds is 1. The van der Waals surface area contributed by atoms with E-state index >= 15 is 0 Å². The lowest BCUT2D eigenvalue weighted by molar-refractivity contribution is -0.0676. The summed E-state index contributed by atoms with van der Waals surface area (Å²) in [6.45, 7) is 3.89. The van der Waals surface area contributed by atoms with Gasteiger partial charge in [-0.05, 0) is 19.9 Å². The van der Waals surface area contributed by atoms with Crippen LogP contribution in [0.1, 0.15) is 12.8 Å². The van der Waals surface area contributed by atoms with Crippen molar-refractivity contribution >= 4 is 6.09 Å². The minimum Gasteiger partial charge on any atom is -0.453 e. The summed E-state index contributed by atoms with van der Waals surface area (Å²) in [5, 5.41) is 2.22. The number of hydrogen-bond donors (Lipinski definition) is 1. The minimum absolute atomic E-state index is 0.186. The van der Waals surface area contributed by atoms with Crippen LogP contribution in [-0.4, -0.2) is 56.3 Å². The molecular weight excluding hydrogens is 194 g/mol. The van der Waals surface area contributed by atoms with Gasteiger partial charge in [0.05, 0.1) is 7.11 Å². The van der Waals surface area contributed by atoms with Gasteiger partial charge < -0.3 is 9.64 Å². The molecule has 0 aromatic heterocycles. The Kier molecular flexibility index (Phi) is 2.84. The van der Waals surface area contributed by atoms with Crippen molar-refractivity contribution in [3.63, 3.8) is 0 Å². The van der Waals surface area contributed by atoms with Crippen molar-refractivity contribution < 1.29 is 9.53 Å². The molecule has 0 aliphatic carbocycles. The quantitative estimate of drug-likeness (QED) is 0.680. The summed E-state index contributed by atoms with van der Waals surface area (Å²) in [6.07, 6.45) is 2.01. The third-order valence-corrected chi connectivity index (χ3v) is 3.63. The molecule has 0 aromatic rings. The van der Waals surface area contributed by atoms with E-state index in [1.807, 2.05) is 7.05 Å². The van der Waals surface area contributed by atoms with E-state index in [1.54, 1.807) is 4.90 Å². The Hall–Kier alpha value is -0.810. The summed E-state index contributed by atoms with van der Waals surface area (Å²) in [5.74, 6) is 0. The molecule has 0 aromatic carbocycles. The van der Waals surface area contributed by atoms with Crippen LogP contribution in [0.3, 0.4) is 0 Å². The Bertz CT molecular complexity index is 241. The third-order valence-electron chi connectivity index (χ3n) is 3.63. The highest BCUT2D eigenvalue weighted by Gasteiger charge is 2.45. The maximum absolute atomic E-state index is 11.3. The second-order valence-electron chi connectivity index (χ2n) is 4.54. The van der Waals surface area contributed by atoms with Crippen molar-refractivity contribution in [3.05, 3.63) is 0 Å². The van der Waals surface area contributed by atoms with Crippen LogP contribution in [0.4, 0.5) is 4.79 Å². The van der Waals surface area contributed by atoms with Crippen molar-refractivity contribution in [2.75, 3.05) is 40.3 Å². The van der Waals surface area contributed by atoms with Crippen molar-refractivity contribution in [3.8, 4) is 0 Å². The Labute approximate surface area is 90.3 Å². The summed E-state index contributed by atoms with van der Waals surface area (Å²) < 4.78 is 4.72. The van der Waals surface area contributed by atoms with Gasteiger partial charge in [-0.3, -0.25) is 5.43 Å². The second kappa shape index (κ2) is 3.98. The number of carbonyl (C=O) groups excluding carboxylic acids is 1. The van der Waals surface area contributed by atoms with Crippen LogP contribution in [0.25, 0.3) is 0 Å². The Balaban J connectivity index is 1.80. The van der Waals surface area contributed by atoms with Gasteiger partial charge >= 0.3 is 6.09 Å². The first kappa shape index (κ1) is 10.7. The first-order chi connectivity index (χ1) is 7.19. The molecule has 15 heavy (non-hydrogen) atoms. The van der Waals surface area contributed by atoms with Gasteiger partial charge in [0.2, 0.25) is 0 Å². The normalized spacial score (nSPS) is 25.1.